The van der Waals surface area contributed by atoms with Crippen LogP contribution in [0.3, 0.4) is 0 Å². The fourth-order valence-corrected chi connectivity index (χ4v) is 1.23. The van der Waals surface area contributed by atoms with Crippen LogP contribution in [0.25, 0.3) is 0 Å². The Labute approximate surface area is 103 Å². The molecule has 0 aliphatic carbocycles. The van der Waals surface area contributed by atoms with E-state index in [0.29, 0.717) is 6.61 Å². The van der Waals surface area contributed by atoms with Crippen molar-refractivity contribution in [2.45, 2.75) is 13.8 Å². The molecular weight excluding hydrogens is 282 g/mol. The summed E-state index contributed by atoms with van der Waals surface area (Å²) in [6.45, 7) is 4.50. The minimum absolute atomic E-state index is 0.0330. The zero-order valence-corrected chi connectivity index (χ0v) is 11.0. The topological polar surface area (TPSA) is 9.23 Å². The summed E-state index contributed by atoms with van der Waals surface area (Å²) in [5, 5.41) is 0.881. The molecule has 0 aliphatic heterocycles. The van der Waals surface area contributed by atoms with Gasteiger partial charge in [0.2, 0.25) is 0 Å². The van der Waals surface area contributed by atoms with Gasteiger partial charge in [0.15, 0.2) is 11.6 Å². The van der Waals surface area contributed by atoms with Gasteiger partial charge in [-0.05, 0) is 12.1 Å². The van der Waals surface area contributed by atoms with Crippen LogP contribution in [0.2, 0.25) is 5.02 Å². The van der Waals surface area contributed by atoms with Crippen LogP contribution in [0.1, 0.15) is 13.8 Å². The van der Waals surface area contributed by atoms with Crippen molar-refractivity contribution in [1.82, 2.24) is 0 Å². The highest BCUT2D eigenvalue weighted by Gasteiger charge is 2.18. The normalized spacial score (nSPS) is 11.5. The van der Waals surface area contributed by atoms with Gasteiger partial charge in [0.25, 0.3) is 0 Å². The van der Waals surface area contributed by atoms with E-state index in [0.717, 1.165) is 5.33 Å². The zero-order valence-electron chi connectivity index (χ0n) is 8.69. The minimum atomic E-state index is -0.496. The lowest BCUT2D eigenvalue weighted by atomic mass is 9.98. The Hall–Kier alpha value is -0.280. The second-order valence-electron chi connectivity index (χ2n) is 4.14. The van der Waals surface area contributed by atoms with Gasteiger partial charge in [-0.15, -0.1) is 0 Å². The van der Waals surface area contributed by atoms with Crippen LogP contribution in [-0.4, -0.2) is 11.9 Å². The molecule has 0 radical (unpaired) electrons. The van der Waals surface area contributed by atoms with Crippen LogP contribution in [0.15, 0.2) is 18.2 Å². The molecule has 0 saturated carbocycles. The Morgan fingerprint density at radius 2 is 2.13 bits per heavy atom. The van der Waals surface area contributed by atoms with Crippen molar-refractivity contribution >= 4 is 27.5 Å². The first-order valence-corrected chi connectivity index (χ1v) is 6.09. The molecule has 0 aromatic heterocycles. The summed E-state index contributed by atoms with van der Waals surface area (Å²) in [5.41, 5.74) is -0.0330. The van der Waals surface area contributed by atoms with E-state index in [2.05, 4.69) is 15.9 Å². The molecule has 0 fully saturated rings. The van der Waals surface area contributed by atoms with Crippen molar-refractivity contribution in [2.24, 2.45) is 5.41 Å². The van der Waals surface area contributed by atoms with E-state index in [1.165, 1.54) is 6.07 Å². The quantitative estimate of drug-likeness (QED) is 0.753. The van der Waals surface area contributed by atoms with E-state index in [1.807, 2.05) is 13.8 Å². The molecule has 4 heteroatoms. The van der Waals surface area contributed by atoms with Crippen LogP contribution in [0.5, 0.6) is 5.75 Å². The smallest absolute Gasteiger partial charge is 0.183 e. The Morgan fingerprint density at radius 3 is 2.73 bits per heavy atom. The third-order valence-electron chi connectivity index (χ3n) is 1.90. The fraction of sp³-hybridized carbons (Fsp3) is 0.455. The Bertz CT molecular complexity index is 341. The largest absolute Gasteiger partial charge is 0.490 e. The molecule has 0 spiro atoms. The summed E-state index contributed by atoms with van der Waals surface area (Å²) in [4.78, 5) is 0. The third kappa shape index (κ3) is 3.65. The lowest BCUT2D eigenvalue weighted by Crippen LogP contribution is -2.23. The van der Waals surface area contributed by atoms with E-state index in [1.54, 1.807) is 12.1 Å². The van der Waals surface area contributed by atoms with Gasteiger partial charge in [-0.25, -0.2) is 4.39 Å². The lowest BCUT2D eigenvalue weighted by molar-refractivity contribution is 0.196. The number of rotatable bonds is 4. The Balaban J connectivity index is 2.70. The summed E-state index contributed by atoms with van der Waals surface area (Å²) < 4.78 is 18.8. The van der Waals surface area contributed by atoms with Crippen LogP contribution in [-0.2, 0) is 0 Å². The highest BCUT2D eigenvalue weighted by Crippen LogP contribution is 2.26. The maximum atomic E-state index is 13.4. The van der Waals surface area contributed by atoms with Crippen molar-refractivity contribution in [3.63, 3.8) is 0 Å². The summed E-state index contributed by atoms with van der Waals surface area (Å²) in [6, 6.07) is 4.74. The van der Waals surface area contributed by atoms with E-state index in [9.17, 15) is 4.39 Å². The standard InChI is InChI=1S/C11H13BrClFO/c1-11(2,6-12)7-15-9-5-3-4-8(13)10(9)14/h3-5H,6-7H2,1-2H3. The van der Waals surface area contributed by atoms with E-state index in [-0.39, 0.29) is 16.2 Å². The van der Waals surface area contributed by atoms with Gasteiger partial charge in [0.1, 0.15) is 0 Å². The molecule has 0 aliphatic rings. The van der Waals surface area contributed by atoms with E-state index >= 15 is 0 Å². The van der Waals surface area contributed by atoms with E-state index in [4.69, 9.17) is 16.3 Å². The van der Waals surface area contributed by atoms with Crippen molar-refractivity contribution in [3.05, 3.63) is 29.0 Å². The van der Waals surface area contributed by atoms with Gasteiger partial charge in [0.05, 0.1) is 11.6 Å². The van der Waals surface area contributed by atoms with Crippen molar-refractivity contribution < 1.29 is 9.13 Å². The molecule has 0 atom stereocenters. The monoisotopic (exact) mass is 294 g/mol. The number of ether oxygens (including phenoxy) is 1. The van der Waals surface area contributed by atoms with Crippen LogP contribution >= 0.6 is 27.5 Å². The van der Waals surface area contributed by atoms with Gasteiger partial charge in [0, 0.05) is 10.7 Å². The second-order valence-corrected chi connectivity index (χ2v) is 5.11. The summed E-state index contributed by atoms with van der Waals surface area (Å²) >= 11 is 9.01. The molecule has 0 heterocycles. The maximum Gasteiger partial charge on any atom is 0.183 e. The Kier molecular flexibility index (Phi) is 4.41. The lowest BCUT2D eigenvalue weighted by Gasteiger charge is -2.21. The molecule has 0 saturated heterocycles. The first kappa shape index (κ1) is 12.8. The summed E-state index contributed by atoms with van der Waals surface area (Å²) in [6.07, 6.45) is 0. The van der Waals surface area contributed by atoms with E-state index < -0.39 is 5.82 Å². The fourth-order valence-electron chi connectivity index (χ4n) is 0.907. The molecule has 1 aromatic rings. The highest BCUT2D eigenvalue weighted by molar-refractivity contribution is 9.09. The molecule has 0 N–H and O–H groups in total. The first-order valence-electron chi connectivity index (χ1n) is 4.59. The summed E-state index contributed by atoms with van der Waals surface area (Å²) in [7, 11) is 0. The van der Waals surface area contributed by atoms with Crippen LogP contribution in [0.4, 0.5) is 4.39 Å². The van der Waals surface area contributed by atoms with Crippen LogP contribution in [0, 0.1) is 11.2 Å². The molecule has 84 valence electrons. The van der Waals surface area contributed by atoms with Gasteiger partial charge in [-0.2, -0.15) is 0 Å². The van der Waals surface area contributed by atoms with Gasteiger partial charge >= 0.3 is 0 Å². The number of hydrogen-bond donors (Lipinski definition) is 0. The molecule has 1 rings (SSSR count). The predicted octanol–water partition coefficient (Wildman–Crippen LogP) is 4.28. The van der Waals surface area contributed by atoms with Gasteiger partial charge in [-0.3, -0.25) is 0 Å². The van der Waals surface area contributed by atoms with Crippen LogP contribution < -0.4 is 4.74 Å². The maximum absolute atomic E-state index is 13.4. The predicted molar refractivity (Wildman–Crippen MR) is 64.5 cm³/mol. The summed E-state index contributed by atoms with van der Waals surface area (Å²) in [5.74, 6) is -0.291. The molecule has 0 bridgehead atoms. The molecule has 15 heavy (non-hydrogen) atoms. The zero-order chi connectivity index (χ0) is 11.5. The molecule has 1 aromatic carbocycles. The number of alkyl halides is 1. The van der Waals surface area contributed by atoms with Crippen molar-refractivity contribution in [2.75, 3.05) is 11.9 Å². The van der Waals surface area contributed by atoms with Gasteiger partial charge in [-0.1, -0.05) is 47.4 Å². The number of halogens is 3. The van der Waals surface area contributed by atoms with Crippen molar-refractivity contribution in [3.8, 4) is 5.75 Å². The molecule has 1 nitrogen and oxygen atoms in total. The molecule has 0 amide bonds. The SMILES string of the molecule is CC(C)(CBr)COc1cccc(Cl)c1F. The van der Waals surface area contributed by atoms with Crippen molar-refractivity contribution in [1.29, 1.82) is 0 Å². The number of benzene rings is 1. The molecule has 0 unspecified atom stereocenters. The number of hydrogen-bond acceptors (Lipinski definition) is 1. The third-order valence-corrected chi connectivity index (χ3v) is 3.71. The average molecular weight is 296 g/mol. The Morgan fingerprint density at radius 1 is 1.47 bits per heavy atom. The first-order chi connectivity index (χ1) is 6.96. The highest BCUT2D eigenvalue weighted by atomic mass is 79.9. The minimum Gasteiger partial charge on any atom is -0.490 e. The second kappa shape index (κ2) is 5.17. The van der Waals surface area contributed by atoms with Gasteiger partial charge < -0.3 is 4.74 Å². The molecular formula is C11H13BrClFO. The average Bonchev–Trinajstić information content (AvgIpc) is 2.20.